The number of aliphatic hydroxyl groups excluding tert-OH is 1. The molecule has 0 atom stereocenters. The standard InChI is InChI=1S/C12H17ClN2O/c1-15(7-9-5-11(16)6-9)8-10-3-2-4-12(13)14-10/h2-4,9,11,16H,5-8H2,1H3. The zero-order valence-electron chi connectivity index (χ0n) is 9.43. The normalized spacial score (nSPS) is 24.5. The Kier molecular flexibility index (Phi) is 3.79. The number of nitrogens with zero attached hydrogens (tertiary/aromatic N) is 2. The SMILES string of the molecule is CN(Cc1cccc(Cl)n1)CC1CC(O)C1. The van der Waals surface area contributed by atoms with E-state index in [1.165, 1.54) is 0 Å². The minimum atomic E-state index is -0.0669. The molecule has 0 spiro atoms. The Hall–Kier alpha value is -0.640. The van der Waals surface area contributed by atoms with Gasteiger partial charge in [0.05, 0.1) is 11.8 Å². The topological polar surface area (TPSA) is 36.4 Å². The average Bonchev–Trinajstić information content (AvgIpc) is 2.15. The zero-order chi connectivity index (χ0) is 11.5. The third-order valence-corrected chi connectivity index (χ3v) is 3.20. The van der Waals surface area contributed by atoms with Crippen LogP contribution in [0.2, 0.25) is 5.15 Å². The molecule has 1 saturated carbocycles. The summed E-state index contributed by atoms with van der Waals surface area (Å²) in [5.74, 6) is 0.638. The Morgan fingerprint density at radius 1 is 1.50 bits per heavy atom. The second-order valence-corrected chi connectivity index (χ2v) is 5.03. The first-order chi connectivity index (χ1) is 7.63. The average molecular weight is 241 g/mol. The number of hydrogen-bond acceptors (Lipinski definition) is 3. The predicted molar refractivity (Wildman–Crippen MR) is 64.3 cm³/mol. The summed E-state index contributed by atoms with van der Waals surface area (Å²) in [6.07, 6.45) is 1.81. The van der Waals surface area contributed by atoms with E-state index < -0.39 is 0 Å². The van der Waals surface area contributed by atoms with Crippen molar-refractivity contribution < 1.29 is 5.11 Å². The van der Waals surface area contributed by atoms with E-state index in [9.17, 15) is 5.11 Å². The molecule has 4 heteroatoms. The quantitative estimate of drug-likeness (QED) is 0.818. The monoisotopic (exact) mass is 240 g/mol. The molecule has 88 valence electrons. The Morgan fingerprint density at radius 3 is 2.88 bits per heavy atom. The van der Waals surface area contributed by atoms with E-state index in [2.05, 4.69) is 16.9 Å². The zero-order valence-corrected chi connectivity index (χ0v) is 10.2. The number of hydrogen-bond donors (Lipinski definition) is 1. The highest BCUT2D eigenvalue weighted by molar-refractivity contribution is 6.29. The minimum Gasteiger partial charge on any atom is -0.393 e. The molecule has 0 aliphatic heterocycles. The molecule has 16 heavy (non-hydrogen) atoms. The third-order valence-electron chi connectivity index (χ3n) is 2.99. The molecule has 0 bridgehead atoms. The Morgan fingerprint density at radius 2 is 2.25 bits per heavy atom. The van der Waals surface area contributed by atoms with E-state index in [0.717, 1.165) is 31.6 Å². The van der Waals surface area contributed by atoms with Crippen LogP contribution in [0, 0.1) is 5.92 Å². The number of rotatable bonds is 4. The van der Waals surface area contributed by atoms with Crippen LogP contribution in [0.3, 0.4) is 0 Å². The minimum absolute atomic E-state index is 0.0669. The van der Waals surface area contributed by atoms with Gasteiger partial charge in [0.15, 0.2) is 0 Å². The molecule has 0 amide bonds. The smallest absolute Gasteiger partial charge is 0.129 e. The molecule has 2 rings (SSSR count). The van der Waals surface area contributed by atoms with Gasteiger partial charge in [-0.2, -0.15) is 0 Å². The van der Waals surface area contributed by atoms with Gasteiger partial charge in [-0.05, 0) is 37.9 Å². The molecule has 1 heterocycles. The van der Waals surface area contributed by atoms with Crippen molar-refractivity contribution in [3.8, 4) is 0 Å². The van der Waals surface area contributed by atoms with Gasteiger partial charge in [0, 0.05) is 13.1 Å². The summed E-state index contributed by atoms with van der Waals surface area (Å²) in [7, 11) is 2.08. The maximum atomic E-state index is 9.21. The first kappa shape index (κ1) is 11.8. The van der Waals surface area contributed by atoms with Gasteiger partial charge in [0.1, 0.15) is 5.15 Å². The lowest BCUT2D eigenvalue weighted by Crippen LogP contribution is -2.36. The fourth-order valence-corrected chi connectivity index (χ4v) is 2.35. The second kappa shape index (κ2) is 5.13. The molecule has 1 N–H and O–H groups in total. The van der Waals surface area contributed by atoms with Crippen LogP contribution in [-0.2, 0) is 6.54 Å². The van der Waals surface area contributed by atoms with Crippen molar-refractivity contribution in [2.45, 2.75) is 25.5 Å². The molecule has 1 aliphatic rings. The van der Waals surface area contributed by atoms with Gasteiger partial charge in [-0.15, -0.1) is 0 Å². The molecular formula is C12H17ClN2O. The predicted octanol–water partition coefficient (Wildman–Crippen LogP) is 1.94. The van der Waals surface area contributed by atoms with Crippen LogP contribution in [0.15, 0.2) is 18.2 Å². The number of halogens is 1. The lowest BCUT2D eigenvalue weighted by molar-refractivity contribution is 0.0272. The van der Waals surface area contributed by atoms with Crippen molar-refractivity contribution in [1.29, 1.82) is 0 Å². The summed E-state index contributed by atoms with van der Waals surface area (Å²) >= 11 is 5.83. The summed E-state index contributed by atoms with van der Waals surface area (Å²) < 4.78 is 0. The van der Waals surface area contributed by atoms with Gasteiger partial charge in [-0.1, -0.05) is 17.7 Å². The van der Waals surface area contributed by atoms with Crippen LogP contribution in [0.5, 0.6) is 0 Å². The van der Waals surface area contributed by atoms with Gasteiger partial charge in [-0.3, -0.25) is 0 Å². The van der Waals surface area contributed by atoms with E-state index in [0.29, 0.717) is 11.1 Å². The molecule has 1 fully saturated rings. The van der Waals surface area contributed by atoms with E-state index in [4.69, 9.17) is 11.6 Å². The third kappa shape index (κ3) is 3.17. The molecule has 1 aliphatic carbocycles. The maximum absolute atomic E-state index is 9.21. The molecule has 0 aromatic carbocycles. The largest absolute Gasteiger partial charge is 0.393 e. The Bertz CT molecular complexity index is 353. The summed E-state index contributed by atoms with van der Waals surface area (Å²) in [5, 5.41) is 9.76. The van der Waals surface area contributed by atoms with Crippen molar-refractivity contribution in [2.24, 2.45) is 5.92 Å². The van der Waals surface area contributed by atoms with Crippen LogP contribution in [-0.4, -0.2) is 34.7 Å². The summed E-state index contributed by atoms with van der Waals surface area (Å²) in [6.45, 7) is 1.83. The molecule has 0 saturated heterocycles. The second-order valence-electron chi connectivity index (χ2n) is 4.64. The Balaban J connectivity index is 1.80. The van der Waals surface area contributed by atoms with Gasteiger partial charge in [-0.25, -0.2) is 4.98 Å². The summed E-state index contributed by atoms with van der Waals surface area (Å²) in [6, 6.07) is 5.69. The highest BCUT2D eigenvalue weighted by Gasteiger charge is 2.27. The molecule has 1 aromatic rings. The van der Waals surface area contributed by atoms with E-state index in [1.807, 2.05) is 12.1 Å². The van der Waals surface area contributed by atoms with Gasteiger partial charge in [0.25, 0.3) is 0 Å². The highest BCUT2D eigenvalue weighted by atomic mass is 35.5. The fourth-order valence-electron chi connectivity index (χ4n) is 2.17. The fraction of sp³-hybridized carbons (Fsp3) is 0.583. The highest BCUT2D eigenvalue weighted by Crippen LogP contribution is 2.27. The van der Waals surface area contributed by atoms with Crippen LogP contribution in [0.1, 0.15) is 18.5 Å². The molecular weight excluding hydrogens is 224 g/mol. The first-order valence-corrected chi connectivity index (χ1v) is 5.99. The number of pyridine rings is 1. The lowest BCUT2D eigenvalue weighted by Gasteiger charge is -2.34. The Labute approximate surface area is 101 Å². The van der Waals surface area contributed by atoms with Crippen molar-refractivity contribution in [2.75, 3.05) is 13.6 Å². The van der Waals surface area contributed by atoms with Crippen LogP contribution >= 0.6 is 11.6 Å². The lowest BCUT2D eigenvalue weighted by atomic mass is 9.82. The van der Waals surface area contributed by atoms with Gasteiger partial charge < -0.3 is 10.0 Å². The van der Waals surface area contributed by atoms with E-state index >= 15 is 0 Å². The van der Waals surface area contributed by atoms with Gasteiger partial charge >= 0.3 is 0 Å². The first-order valence-electron chi connectivity index (χ1n) is 5.61. The van der Waals surface area contributed by atoms with Crippen LogP contribution in [0.25, 0.3) is 0 Å². The number of aromatic nitrogens is 1. The van der Waals surface area contributed by atoms with Gasteiger partial charge in [0.2, 0.25) is 0 Å². The molecule has 1 aromatic heterocycles. The van der Waals surface area contributed by atoms with Crippen molar-refractivity contribution in [3.05, 3.63) is 29.0 Å². The van der Waals surface area contributed by atoms with Crippen LogP contribution in [0.4, 0.5) is 0 Å². The van der Waals surface area contributed by atoms with E-state index in [-0.39, 0.29) is 6.10 Å². The molecule has 0 radical (unpaired) electrons. The molecule has 0 unspecified atom stereocenters. The maximum Gasteiger partial charge on any atom is 0.129 e. The van der Waals surface area contributed by atoms with E-state index in [1.54, 1.807) is 6.07 Å². The van der Waals surface area contributed by atoms with Crippen molar-refractivity contribution >= 4 is 11.6 Å². The van der Waals surface area contributed by atoms with Crippen molar-refractivity contribution in [3.63, 3.8) is 0 Å². The summed E-state index contributed by atoms with van der Waals surface area (Å²) in [5.41, 5.74) is 0.995. The summed E-state index contributed by atoms with van der Waals surface area (Å²) in [4.78, 5) is 6.48. The van der Waals surface area contributed by atoms with Crippen molar-refractivity contribution in [1.82, 2.24) is 9.88 Å². The van der Waals surface area contributed by atoms with Crippen LogP contribution < -0.4 is 0 Å². The number of aliphatic hydroxyl groups is 1. The molecule has 3 nitrogen and oxygen atoms in total.